The normalized spacial score (nSPS) is 15.5. The van der Waals surface area contributed by atoms with Gasteiger partial charge in [0, 0.05) is 30.9 Å². The van der Waals surface area contributed by atoms with Crippen LogP contribution in [0.4, 0.5) is 0 Å². The lowest BCUT2D eigenvalue weighted by atomic mass is 10.0. The van der Waals surface area contributed by atoms with E-state index in [4.69, 9.17) is 11.6 Å². The van der Waals surface area contributed by atoms with E-state index < -0.39 is 0 Å². The van der Waals surface area contributed by atoms with Crippen LogP contribution in [0, 0.1) is 6.92 Å². The Labute approximate surface area is 184 Å². The fourth-order valence-corrected chi connectivity index (χ4v) is 5.08. The molecular weight excluding hydrogens is 412 g/mol. The van der Waals surface area contributed by atoms with Crippen molar-refractivity contribution in [2.75, 3.05) is 6.54 Å². The highest BCUT2D eigenvalue weighted by Gasteiger charge is 2.30. The molecule has 0 radical (unpaired) electrons. The maximum Gasteiger partial charge on any atom is 0.270 e. The number of halogens is 1. The summed E-state index contributed by atoms with van der Waals surface area (Å²) in [6, 6.07) is 8.29. The van der Waals surface area contributed by atoms with E-state index in [-0.39, 0.29) is 11.2 Å². The molecular formula is C23H21ClN6O. The van der Waals surface area contributed by atoms with E-state index in [0.29, 0.717) is 12.2 Å². The van der Waals surface area contributed by atoms with Gasteiger partial charge in [-0.15, -0.1) is 0 Å². The topological polar surface area (TPSA) is 79.7 Å². The smallest absolute Gasteiger partial charge is 0.270 e. The maximum absolute atomic E-state index is 13.1. The van der Waals surface area contributed by atoms with Gasteiger partial charge in [0.1, 0.15) is 16.9 Å². The van der Waals surface area contributed by atoms with Crippen LogP contribution in [0.15, 0.2) is 30.6 Å². The lowest BCUT2D eigenvalue weighted by molar-refractivity contribution is 0.0689. The Morgan fingerprint density at radius 1 is 1.16 bits per heavy atom. The summed E-state index contributed by atoms with van der Waals surface area (Å²) in [6.07, 6.45) is 4.99. The quantitative estimate of drug-likeness (QED) is 0.497. The molecule has 0 atom stereocenters. The predicted molar refractivity (Wildman–Crippen MR) is 118 cm³/mol. The predicted octanol–water partition coefficient (Wildman–Crippen LogP) is 3.93. The Morgan fingerprint density at radius 3 is 2.94 bits per heavy atom. The number of nitrogens with zero attached hydrogens (tertiary/aromatic N) is 5. The van der Waals surface area contributed by atoms with E-state index in [2.05, 4.69) is 49.6 Å². The molecule has 1 aromatic carbocycles. The number of carbonyl (C=O) groups excluding carboxylic acids is 1. The van der Waals surface area contributed by atoms with E-state index in [9.17, 15) is 4.79 Å². The van der Waals surface area contributed by atoms with E-state index in [1.165, 1.54) is 17.7 Å². The molecule has 1 aliphatic carbocycles. The van der Waals surface area contributed by atoms with Crippen LogP contribution in [0.5, 0.6) is 0 Å². The van der Waals surface area contributed by atoms with Crippen LogP contribution in [-0.2, 0) is 25.9 Å². The lowest BCUT2D eigenvalue weighted by Crippen LogP contribution is -2.40. The molecule has 0 saturated heterocycles. The average molecular weight is 433 g/mol. The molecule has 0 bridgehead atoms. The van der Waals surface area contributed by atoms with E-state index in [0.717, 1.165) is 59.5 Å². The zero-order valence-corrected chi connectivity index (χ0v) is 17.9. The first-order valence-corrected chi connectivity index (χ1v) is 10.9. The van der Waals surface area contributed by atoms with Gasteiger partial charge < -0.3 is 14.5 Å². The maximum atomic E-state index is 13.1. The zero-order chi connectivity index (χ0) is 21.1. The van der Waals surface area contributed by atoms with Crippen molar-refractivity contribution in [3.8, 4) is 11.3 Å². The lowest BCUT2D eigenvalue weighted by Gasteiger charge is -2.30. The molecule has 8 heteroatoms. The van der Waals surface area contributed by atoms with Crippen molar-refractivity contribution in [2.45, 2.75) is 39.3 Å². The molecule has 1 amide bonds. The second-order valence-electron chi connectivity index (χ2n) is 8.32. The highest BCUT2D eigenvalue weighted by Crippen LogP contribution is 2.30. The number of aryl methyl sites for hydroxylation is 2. The minimum Gasteiger partial charge on any atom is -0.341 e. The molecule has 2 aliphatic rings. The summed E-state index contributed by atoms with van der Waals surface area (Å²) >= 11 is 6.09. The van der Waals surface area contributed by atoms with Gasteiger partial charge in [-0.1, -0.05) is 12.1 Å². The third-order valence-electron chi connectivity index (χ3n) is 6.49. The summed E-state index contributed by atoms with van der Waals surface area (Å²) in [7, 11) is 0. The number of carbonyl (C=O) groups is 1. The van der Waals surface area contributed by atoms with Crippen LogP contribution in [0.25, 0.3) is 22.4 Å². The Morgan fingerprint density at radius 2 is 2.06 bits per heavy atom. The highest BCUT2D eigenvalue weighted by molar-refractivity contribution is 6.28. The molecule has 6 rings (SSSR count). The number of amides is 1. The van der Waals surface area contributed by atoms with Crippen molar-refractivity contribution in [3.63, 3.8) is 0 Å². The summed E-state index contributed by atoms with van der Waals surface area (Å²) in [5.41, 5.74) is 8.79. The van der Waals surface area contributed by atoms with Crippen molar-refractivity contribution in [1.82, 2.24) is 29.4 Å². The fraction of sp³-hybridized carbons (Fsp3) is 0.304. The molecule has 0 spiro atoms. The molecule has 3 aromatic heterocycles. The Bertz CT molecular complexity index is 1350. The Hall–Kier alpha value is -3.19. The van der Waals surface area contributed by atoms with Gasteiger partial charge in [-0.25, -0.2) is 9.97 Å². The molecule has 7 nitrogen and oxygen atoms in total. The fourth-order valence-electron chi connectivity index (χ4n) is 4.91. The van der Waals surface area contributed by atoms with Gasteiger partial charge in [0.25, 0.3) is 5.91 Å². The van der Waals surface area contributed by atoms with E-state index in [1.807, 2.05) is 11.0 Å². The van der Waals surface area contributed by atoms with Crippen LogP contribution >= 0.6 is 11.6 Å². The van der Waals surface area contributed by atoms with Crippen molar-refractivity contribution < 1.29 is 4.79 Å². The third kappa shape index (κ3) is 2.95. The van der Waals surface area contributed by atoms with Crippen molar-refractivity contribution in [3.05, 3.63) is 64.0 Å². The number of benzene rings is 1. The van der Waals surface area contributed by atoms with Crippen molar-refractivity contribution in [1.29, 1.82) is 0 Å². The molecule has 4 aromatic rings. The minimum atomic E-state index is 0.130. The first kappa shape index (κ1) is 18.6. The number of aromatic nitrogens is 5. The Balaban J connectivity index is 1.29. The highest BCUT2D eigenvalue weighted by atomic mass is 35.5. The van der Waals surface area contributed by atoms with Gasteiger partial charge in [0.05, 0.1) is 6.33 Å². The van der Waals surface area contributed by atoms with Gasteiger partial charge in [-0.05, 0) is 66.6 Å². The Kier molecular flexibility index (Phi) is 4.14. The number of hydrogen-bond donors (Lipinski definition) is 1. The summed E-state index contributed by atoms with van der Waals surface area (Å²) in [4.78, 5) is 30.9. The van der Waals surface area contributed by atoms with Crippen molar-refractivity contribution >= 4 is 28.7 Å². The monoisotopic (exact) mass is 432 g/mol. The first-order valence-electron chi connectivity index (χ1n) is 10.6. The minimum absolute atomic E-state index is 0.130. The number of fused-ring (bicyclic) bond motifs is 4. The van der Waals surface area contributed by atoms with Crippen LogP contribution in [0.2, 0.25) is 5.28 Å². The average Bonchev–Trinajstić information content (AvgIpc) is 3.47. The van der Waals surface area contributed by atoms with Gasteiger partial charge in [0.2, 0.25) is 5.28 Å². The number of imidazole rings is 1. The second kappa shape index (κ2) is 6.92. The van der Waals surface area contributed by atoms with Gasteiger partial charge in [-0.2, -0.15) is 4.98 Å². The second-order valence-corrected chi connectivity index (χ2v) is 8.66. The molecule has 1 N–H and O–H groups in total. The summed E-state index contributed by atoms with van der Waals surface area (Å²) in [5.74, 6) is 0.130. The first-order chi connectivity index (χ1) is 15.1. The van der Waals surface area contributed by atoms with Gasteiger partial charge in [-0.3, -0.25) is 4.79 Å². The van der Waals surface area contributed by atoms with E-state index in [1.54, 1.807) is 6.33 Å². The van der Waals surface area contributed by atoms with Crippen LogP contribution in [-0.4, -0.2) is 41.9 Å². The summed E-state index contributed by atoms with van der Waals surface area (Å²) < 4.78 is 2.24. The van der Waals surface area contributed by atoms with Crippen LogP contribution in [0.3, 0.4) is 0 Å². The molecule has 0 unspecified atom stereocenters. The van der Waals surface area contributed by atoms with E-state index >= 15 is 0 Å². The van der Waals surface area contributed by atoms with Gasteiger partial charge >= 0.3 is 0 Å². The van der Waals surface area contributed by atoms with Crippen molar-refractivity contribution in [2.24, 2.45) is 0 Å². The number of rotatable bonds is 3. The molecule has 4 heterocycles. The molecule has 1 aliphatic heterocycles. The molecule has 156 valence electrons. The van der Waals surface area contributed by atoms with Crippen LogP contribution in [0.1, 0.15) is 39.3 Å². The number of hydrogen-bond acceptors (Lipinski definition) is 4. The summed E-state index contributed by atoms with van der Waals surface area (Å²) in [6.45, 7) is 4.29. The number of H-pyrrole nitrogens is 1. The number of nitrogens with one attached hydrogen (secondary N) is 1. The number of aromatic amines is 1. The third-order valence-corrected chi connectivity index (χ3v) is 6.66. The molecule has 0 fully saturated rings. The van der Waals surface area contributed by atoms with Crippen LogP contribution < -0.4 is 0 Å². The summed E-state index contributed by atoms with van der Waals surface area (Å²) in [5, 5.41) is 0.171. The zero-order valence-electron chi connectivity index (χ0n) is 17.2. The largest absolute Gasteiger partial charge is 0.341 e. The van der Waals surface area contributed by atoms with Gasteiger partial charge in [0.15, 0.2) is 5.65 Å². The molecule has 0 saturated carbocycles. The standard InChI is InChI=1S/C23H21ClN6O/c1-13-9-15(19-20-21(26-12-25-20)28-23(24)27-19)5-6-16(13)11-29-7-8-30-17-4-2-3-14(17)10-18(30)22(29)31/h5-6,9-10,12H,2-4,7-8,11H2,1H3,(H,25,26,27,28). The molecule has 31 heavy (non-hydrogen) atoms. The SMILES string of the molecule is Cc1cc(-c2nc(Cl)nc3nc[nH]c23)ccc1CN1CCn2c(cc3c2CCC3)C1=O.